The van der Waals surface area contributed by atoms with Crippen molar-refractivity contribution in [2.45, 2.75) is 11.8 Å². The molecule has 44 heavy (non-hydrogen) atoms. The van der Waals surface area contributed by atoms with Crippen molar-refractivity contribution in [3.63, 3.8) is 0 Å². The van der Waals surface area contributed by atoms with Gasteiger partial charge in [0, 0.05) is 11.8 Å². The Morgan fingerprint density at radius 3 is 2.18 bits per heavy atom. The lowest BCUT2D eigenvalue weighted by atomic mass is 10.2. The Labute approximate surface area is 256 Å². The molecule has 228 valence electrons. The number of hydrazone groups is 1. The molecule has 0 aliphatic carbocycles. The van der Waals surface area contributed by atoms with Crippen LogP contribution in [0.1, 0.15) is 11.1 Å². The largest absolute Gasteiger partial charge is 0.493 e. The van der Waals surface area contributed by atoms with Crippen LogP contribution in [0.2, 0.25) is 0 Å². The molecule has 4 aromatic carbocycles. The lowest BCUT2D eigenvalue weighted by Gasteiger charge is -2.24. The highest BCUT2D eigenvalue weighted by Gasteiger charge is 2.28. The molecule has 0 spiro atoms. The average molecular weight is 617 g/mol. The summed E-state index contributed by atoms with van der Waals surface area (Å²) in [5.74, 6) is 0.128. The molecule has 0 aliphatic heterocycles. The first-order valence-corrected chi connectivity index (χ1v) is 14.8. The highest BCUT2D eigenvalue weighted by Crippen LogP contribution is 2.32. The van der Waals surface area contributed by atoms with E-state index in [2.05, 4.69) is 15.8 Å². The first-order chi connectivity index (χ1) is 21.2. The number of sulfonamides is 1. The monoisotopic (exact) mass is 616 g/mol. The van der Waals surface area contributed by atoms with Crippen molar-refractivity contribution in [2.24, 2.45) is 5.10 Å². The zero-order valence-corrected chi connectivity index (χ0v) is 25.2. The van der Waals surface area contributed by atoms with Crippen molar-refractivity contribution in [2.75, 3.05) is 37.0 Å². The maximum absolute atomic E-state index is 13.7. The number of carbonyl (C=O) groups is 2. The van der Waals surface area contributed by atoms with E-state index in [-0.39, 0.29) is 23.2 Å². The van der Waals surface area contributed by atoms with Gasteiger partial charge in [0.1, 0.15) is 12.3 Å². The van der Waals surface area contributed by atoms with Gasteiger partial charge in [-0.25, -0.2) is 13.8 Å². The molecule has 2 amide bonds. The second kappa shape index (κ2) is 14.7. The van der Waals surface area contributed by atoms with Crippen molar-refractivity contribution in [1.82, 2.24) is 5.43 Å². The summed E-state index contributed by atoms with van der Waals surface area (Å²) < 4.78 is 44.4. The summed E-state index contributed by atoms with van der Waals surface area (Å²) in [6, 6.07) is 26.7. The highest BCUT2D eigenvalue weighted by molar-refractivity contribution is 7.92. The predicted molar refractivity (Wildman–Crippen MR) is 168 cm³/mol. The Morgan fingerprint density at radius 2 is 1.52 bits per heavy atom. The molecule has 0 atom stereocenters. The van der Waals surface area contributed by atoms with E-state index in [4.69, 9.17) is 14.2 Å². The predicted octanol–water partition coefficient (Wildman–Crippen LogP) is 4.38. The summed E-state index contributed by atoms with van der Waals surface area (Å²) in [6.07, 6.45) is 1.41. The minimum absolute atomic E-state index is 0.0770. The second-order valence-electron chi connectivity index (χ2n) is 9.43. The van der Waals surface area contributed by atoms with Crippen LogP contribution < -0.4 is 29.3 Å². The van der Waals surface area contributed by atoms with E-state index < -0.39 is 22.5 Å². The van der Waals surface area contributed by atoms with Gasteiger partial charge >= 0.3 is 0 Å². The lowest BCUT2D eigenvalue weighted by Crippen LogP contribution is -2.39. The van der Waals surface area contributed by atoms with Crippen LogP contribution in [0, 0.1) is 6.92 Å². The minimum atomic E-state index is -4.19. The molecule has 0 radical (unpaired) electrons. The van der Waals surface area contributed by atoms with E-state index in [1.54, 1.807) is 60.7 Å². The molecule has 0 heterocycles. The van der Waals surface area contributed by atoms with Crippen molar-refractivity contribution in [3.05, 3.63) is 108 Å². The average Bonchev–Trinajstić information content (AvgIpc) is 3.03. The van der Waals surface area contributed by atoms with Crippen molar-refractivity contribution < 1.29 is 32.2 Å². The van der Waals surface area contributed by atoms with Gasteiger partial charge in [0.15, 0.2) is 18.1 Å². The second-order valence-corrected chi connectivity index (χ2v) is 11.3. The van der Waals surface area contributed by atoms with Gasteiger partial charge in [-0.2, -0.15) is 5.10 Å². The number of carbonyl (C=O) groups excluding carboxylic acids is 2. The third-order valence-corrected chi connectivity index (χ3v) is 8.03. The smallest absolute Gasteiger partial charge is 0.264 e. The summed E-state index contributed by atoms with van der Waals surface area (Å²) >= 11 is 0. The summed E-state index contributed by atoms with van der Waals surface area (Å²) in [5.41, 5.74) is 4.93. The number of rotatable bonds is 13. The Bertz CT molecular complexity index is 1710. The van der Waals surface area contributed by atoms with E-state index >= 15 is 0 Å². The fourth-order valence-corrected chi connectivity index (χ4v) is 5.43. The van der Waals surface area contributed by atoms with Crippen LogP contribution in [0.3, 0.4) is 0 Å². The quantitative estimate of drug-likeness (QED) is 0.168. The summed E-state index contributed by atoms with van der Waals surface area (Å²) in [5, 5.41) is 6.71. The molecule has 2 N–H and O–H groups in total. The van der Waals surface area contributed by atoms with Gasteiger partial charge in [-0.15, -0.1) is 0 Å². The van der Waals surface area contributed by atoms with E-state index in [1.807, 2.05) is 25.1 Å². The first-order valence-electron chi connectivity index (χ1n) is 13.4. The zero-order valence-electron chi connectivity index (χ0n) is 24.4. The molecule has 12 heteroatoms. The number of aryl methyl sites for hydroxylation is 1. The Kier molecular flexibility index (Phi) is 10.5. The Balaban J connectivity index is 1.39. The Morgan fingerprint density at radius 1 is 0.841 bits per heavy atom. The molecule has 0 saturated carbocycles. The standard InChI is InChI=1S/C32H32N4O7S/c1-23-9-13-26(14-10-23)36(44(39,40)28-17-18-29(41-2)30(19-28)42-3)21-31(37)35-33-20-24-11-15-27(16-12-24)43-22-32(38)34-25-7-5-4-6-8-25/h4-20H,21-22H2,1-3H3,(H,34,38)(H,35,37)/b33-20-. The third kappa shape index (κ3) is 8.35. The fourth-order valence-electron chi connectivity index (χ4n) is 3.99. The maximum Gasteiger partial charge on any atom is 0.264 e. The van der Waals surface area contributed by atoms with Gasteiger partial charge in [0.2, 0.25) is 0 Å². The number of para-hydroxylation sites is 1. The third-order valence-electron chi connectivity index (χ3n) is 6.26. The molecule has 0 bridgehead atoms. The van der Waals surface area contributed by atoms with E-state index in [1.165, 1.54) is 38.6 Å². The van der Waals surface area contributed by atoms with Crippen LogP contribution in [0.25, 0.3) is 0 Å². The van der Waals surface area contributed by atoms with Crippen LogP contribution in [0.5, 0.6) is 17.2 Å². The molecule has 0 unspecified atom stereocenters. The molecule has 0 saturated heterocycles. The van der Waals surface area contributed by atoms with Crippen LogP contribution in [-0.4, -0.2) is 53.8 Å². The van der Waals surface area contributed by atoms with E-state index in [9.17, 15) is 18.0 Å². The number of anilines is 2. The van der Waals surface area contributed by atoms with Crippen molar-refractivity contribution in [3.8, 4) is 17.2 Å². The molecule has 0 aliphatic rings. The molecule has 0 aromatic heterocycles. The van der Waals surface area contributed by atoms with E-state index in [0.29, 0.717) is 28.4 Å². The summed E-state index contributed by atoms with van der Waals surface area (Å²) in [4.78, 5) is 24.9. The topological polar surface area (TPSA) is 136 Å². The first kappa shape index (κ1) is 31.6. The van der Waals surface area contributed by atoms with E-state index in [0.717, 1.165) is 9.87 Å². The minimum Gasteiger partial charge on any atom is -0.493 e. The van der Waals surface area contributed by atoms with Crippen molar-refractivity contribution >= 4 is 39.4 Å². The van der Waals surface area contributed by atoms with Gasteiger partial charge < -0.3 is 19.5 Å². The Hall–Kier alpha value is -5.36. The molecule has 0 fully saturated rings. The van der Waals surface area contributed by atoms with Gasteiger partial charge in [0.05, 0.1) is 31.0 Å². The number of benzene rings is 4. The van der Waals surface area contributed by atoms with Crippen molar-refractivity contribution in [1.29, 1.82) is 0 Å². The van der Waals surface area contributed by atoms with Crippen LogP contribution in [0.4, 0.5) is 11.4 Å². The fraction of sp³-hybridized carbons (Fsp3) is 0.156. The summed E-state index contributed by atoms with van der Waals surface area (Å²) in [6.45, 7) is 1.18. The molecule has 11 nitrogen and oxygen atoms in total. The van der Waals surface area contributed by atoms with Crippen LogP contribution in [0.15, 0.2) is 107 Å². The number of ether oxygens (including phenoxy) is 3. The van der Waals surface area contributed by atoms with Crippen LogP contribution >= 0.6 is 0 Å². The highest BCUT2D eigenvalue weighted by atomic mass is 32.2. The molecule has 4 aromatic rings. The SMILES string of the molecule is COc1ccc(S(=O)(=O)N(CC(=O)N/N=C\c2ccc(OCC(=O)Nc3ccccc3)cc2)c2ccc(C)cc2)cc1OC. The molecular formula is C32H32N4O7S. The van der Waals surface area contributed by atoms with Crippen LogP contribution in [-0.2, 0) is 19.6 Å². The number of nitrogens with zero attached hydrogens (tertiary/aromatic N) is 2. The van der Waals surface area contributed by atoms with Gasteiger partial charge in [-0.1, -0.05) is 35.9 Å². The number of hydrogen-bond acceptors (Lipinski definition) is 8. The number of hydrogen-bond donors (Lipinski definition) is 2. The van der Waals surface area contributed by atoms with Gasteiger partial charge in [-0.3, -0.25) is 13.9 Å². The van der Waals surface area contributed by atoms with Gasteiger partial charge in [-0.05, 0) is 73.2 Å². The number of amides is 2. The molecule has 4 rings (SSSR count). The number of methoxy groups -OCH3 is 2. The summed E-state index contributed by atoms with van der Waals surface area (Å²) in [7, 11) is -1.33. The maximum atomic E-state index is 13.7. The van der Waals surface area contributed by atoms with Gasteiger partial charge in [0.25, 0.3) is 21.8 Å². The molecular weight excluding hydrogens is 584 g/mol. The number of nitrogens with one attached hydrogen (secondary N) is 2. The normalized spacial score (nSPS) is 11.1. The zero-order chi connectivity index (χ0) is 31.5. The lowest BCUT2D eigenvalue weighted by molar-refractivity contribution is -0.119.